The summed E-state index contributed by atoms with van der Waals surface area (Å²) < 4.78 is 0. The van der Waals surface area contributed by atoms with Crippen molar-refractivity contribution < 1.29 is 9.90 Å². The molecule has 0 fully saturated rings. The maximum absolute atomic E-state index is 12.4. The molecule has 0 unspecified atom stereocenters. The highest BCUT2D eigenvalue weighted by Gasteiger charge is 2.38. The average molecular weight is 240 g/mol. The standard InChI is InChI=1S/C13H24N2O2/c1-5-13(6-2,10-14)12(17)15(11(3)4)8-7-9-16/h11,16H,5-9H2,1-4H3. The molecule has 0 spiro atoms. The molecular weight excluding hydrogens is 216 g/mol. The van der Waals surface area contributed by atoms with E-state index in [-0.39, 0.29) is 18.6 Å². The molecule has 98 valence electrons. The quantitative estimate of drug-likeness (QED) is 0.739. The van der Waals surface area contributed by atoms with Gasteiger partial charge in [-0.1, -0.05) is 13.8 Å². The molecule has 1 amide bonds. The van der Waals surface area contributed by atoms with Crippen LogP contribution in [0.25, 0.3) is 0 Å². The number of carbonyl (C=O) groups excluding carboxylic acids is 1. The topological polar surface area (TPSA) is 64.3 Å². The zero-order valence-corrected chi connectivity index (χ0v) is 11.4. The first-order chi connectivity index (χ1) is 7.98. The van der Waals surface area contributed by atoms with Crippen LogP contribution in [0.4, 0.5) is 0 Å². The van der Waals surface area contributed by atoms with Crippen molar-refractivity contribution in [1.82, 2.24) is 4.90 Å². The molecule has 0 radical (unpaired) electrons. The number of carbonyl (C=O) groups is 1. The molecule has 0 heterocycles. The summed E-state index contributed by atoms with van der Waals surface area (Å²) >= 11 is 0. The van der Waals surface area contributed by atoms with E-state index in [1.54, 1.807) is 4.90 Å². The first kappa shape index (κ1) is 15.9. The zero-order valence-electron chi connectivity index (χ0n) is 11.4. The molecule has 0 aromatic rings. The molecule has 0 bridgehead atoms. The van der Waals surface area contributed by atoms with E-state index in [1.807, 2.05) is 27.7 Å². The van der Waals surface area contributed by atoms with E-state index in [2.05, 4.69) is 6.07 Å². The number of rotatable bonds is 7. The molecule has 0 aromatic heterocycles. The van der Waals surface area contributed by atoms with Crippen LogP contribution < -0.4 is 0 Å². The summed E-state index contributed by atoms with van der Waals surface area (Å²) in [5.41, 5.74) is -0.903. The van der Waals surface area contributed by atoms with E-state index >= 15 is 0 Å². The molecular formula is C13H24N2O2. The lowest BCUT2D eigenvalue weighted by Crippen LogP contribution is -2.46. The van der Waals surface area contributed by atoms with Gasteiger partial charge in [0, 0.05) is 19.2 Å². The van der Waals surface area contributed by atoms with Crippen LogP contribution in [-0.4, -0.2) is 35.1 Å². The molecule has 0 aliphatic carbocycles. The third kappa shape index (κ3) is 3.71. The van der Waals surface area contributed by atoms with Crippen molar-refractivity contribution in [3.63, 3.8) is 0 Å². The molecule has 0 aliphatic rings. The summed E-state index contributed by atoms with van der Waals surface area (Å²) in [6, 6.07) is 2.23. The number of hydrogen-bond donors (Lipinski definition) is 1. The van der Waals surface area contributed by atoms with E-state index in [0.717, 1.165) is 0 Å². The molecule has 0 saturated heterocycles. The lowest BCUT2D eigenvalue weighted by molar-refractivity contribution is -0.141. The first-order valence-electron chi connectivity index (χ1n) is 6.32. The van der Waals surface area contributed by atoms with Gasteiger partial charge in [0.05, 0.1) is 6.07 Å². The van der Waals surface area contributed by atoms with Crippen molar-refractivity contribution in [3.8, 4) is 6.07 Å². The third-order valence-electron chi connectivity index (χ3n) is 3.27. The second-order valence-electron chi connectivity index (χ2n) is 4.57. The van der Waals surface area contributed by atoms with Crippen molar-refractivity contribution in [2.45, 2.75) is 53.0 Å². The van der Waals surface area contributed by atoms with Crippen LogP contribution in [0.3, 0.4) is 0 Å². The normalized spacial score (nSPS) is 11.4. The fourth-order valence-corrected chi connectivity index (χ4v) is 1.87. The largest absolute Gasteiger partial charge is 0.396 e. The van der Waals surface area contributed by atoms with Gasteiger partial charge in [-0.05, 0) is 33.1 Å². The Labute approximate surface area is 104 Å². The monoisotopic (exact) mass is 240 g/mol. The van der Waals surface area contributed by atoms with Crippen molar-refractivity contribution in [2.24, 2.45) is 5.41 Å². The Morgan fingerprint density at radius 1 is 1.41 bits per heavy atom. The van der Waals surface area contributed by atoms with Gasteiger partial charge in [0.2, 0.25) is 5.91 Å². The second kappa shape index (κ2) is 7.29. The SMILES string of the molecule is CCC(C#N)(CC)C(=O)N(CCCO)C(C)C. The predicted molar refractivity (Wildman–Crippen MR) is 67.2 cm³/mol. The Bertz CT molecular complexity index is 278. The highest BCUT2D eigenvalue weighted by atomic mass is 16.3. The number of hydrogen-bond acceptors (Lipinski definition) is 3. The van der Waals surface area contributed by atoms with Crippen molar-refractivity contribution in [2.75, 3.05) is 13.2 Å². The van der Waals surface area contributed by atoms with E-state index in [9.17, 15) is 10.1 Å². The number of aliphatic hydroxyl groups is 1. The molecule has 0 saturated carbocycles. The van der Waals surface area contributed by atoms with Gasteiger partial charge < -0.3 is 10.0 Å². The van der Waals surface area contributed by atoms with Crippen LogP contribution >= 0.6 is 0 Å². The maximum Gasteiger partial charge on any atom is 0.243 e. The van der Waals surface area contributed by atoms with Crippen LogP contribution in [0, 0.1) is 16.7 Å². The number of amides is 1. The van der Waals surface area contributed by atoms with Gasteiger partial charge in [-0.15, -0.1) is 0 Å². The number of aliphatic hydroxyl groups excluding tert-OH is 1. The van der Waals surface area contributed by atoms with Gasteiger partial charge in [0.15, 0.2) is 0 Å². The summed E-state index contributed by atoms with van der Waals surface area (Å²) in [4.78, 5) is 14.1. The summed E-state index contributed by atoms with van der Waals surface area (Å²) in [5, 5.41) is 18.1. The van der Waals surface area contributed by atoms with Gasteiger partial charge in [-0.25, -0.2) is 0 Å². The number of nitrogens with zero attached hydrogens (tertiary/aromatic N) is 2. The molecule has 17 heavy (non-hydrogen) atoms. The minimum absolute atomic E-state index is 0.0554. The Morgan fingerprint density at radius 2 is 1.94 bits per heavy atom. The minimum atomic E-state index is -0.903. The van der Waals surface area contributed by atoms with E-state index in [1.165, 1.54) is 0 Å². The van der Waals surface area contributed by atoms with Crippen molar-refractivity contribution in [3.05, 3.63) is 0 Å². The summed E-state index contributed by atoms with van der Waals surface area (Å²) in [5.74, 6) is -0.103. The van der Waals surface area contributed by atoms with Gasteiger partial charge in [0.25, 0.3) is 0 Å². The number of nitriles is 1. The van der Waals surface area contributed by atoms with Crippen LogP contribution in [0.5, 0.6) is 0 Å². The van der Waals surface area contributed by atoms with Gasteiger partial charge in [0.1, 0.15) is 5.41 Å². The highest BCUT2D eigenvalue weighted by Crippen LogP contribution is 2.29. The van der Waals surface area contributed by atoms with Crippen LogP contribution in [-0.2, 0) is 4.79 Å². The Balaban J connectivity index is 4.99. The van der Waals surface area contributed by atoms with Crippen molar-refractivity contribution in [1.29, 1.82) is 5.26 Å². The fraction of sp³-hybridized carbons (Fsp3) is 0.846. The van der Waals surface area contributed by atoms with E-state index in [0.29, 0.717) is 25.8 Å². The van der Waals surface area contributed by atoms with E-state index in [4.69, 9.17) is 5.11 Å². The van der Waals surface area contributed by atoms with Gasteiger partial charge in [-0.3, -0.25) is 4.79 Å². The smallest absolute Gasteiger partial charge is 0.243 e. The fourth-order valence-electron chi connectivity index (χ4n) is 1.87. The molecule has 1 N–H and O–H groups in total. The molecule has 0 aromatic carbocycles. The molecule has 4 heteroatoms. The lowest BCUT2D eigenvalue weighted by atomic mass is 9.82. The van der Waals surface area contributed by atoms with Crippen LogP contribution in [0.1, 0.15) is 47.0 Å². The van der Waals surface area contributed by atoms with E-state index < -0.39 is 5.41 Å². The third-order valence-corrected chi connectivity index (χ3v) is 3.27. The lowest BCUT2D eigenvalue weighted by Gasteiger charge is -2.34. The first-order valence-corrected chi connectivity index (χ1v) is 6.32. The average Bonchev–Trinajstić information content (AvgIpc) is 2.32. The zero-order chi connectivity index (χ0) is 13.5. The maximum atomic E-state index is 12.4. The Morgan fingerprint density at radius 3 is 2.24 bits per heavy atom. The summed E-state index contributed by atoms with van der Waals surface area (Å²) in [6.45, 7) is 8.18. The molecule has 0 rings (SSSR count). The highest BCUT2D eigenvalue weighted by molar-refractivity contribution is 5.85. The molecule has 4 nitrogen and oxygen atoms in total. The summed E-state index contributed by atoms with van der Waals surface area (Å²) in [7, 11) is 0. The summed E-state index contributed by atoms with van der Waals surface area (Å²) in [6.07, 6.45) is 1.61. The van der Waals surface area contributed by atoms with Crippen LogP contribution in [0.2, 0.25) is 0 Å². The minimum Gasteiger partial charge on any atom is -0.396 e. The van der Waals surface area contributed by atoms with Gasteiger partial charge in [-0.2, -0.15) is 5.26 Å². The predicted octanol–water partition coefficient (Wildman–Crippen LogP) is 1.94. The van der Waals surface area contributed by atoms with Gasteiger partial charge >= 0.3 is 0 Å². The van der Waals surface area contributed by atoms with Crippen LogP contribution in [0.15, 0.2) is 0 Å². The second-order valence-corrected chi connectivity index (χ2v) is 4.57. The Kier molecular flexibility index (Phi) is 6.82. The Hall–Kier alpha value is -1.08. The molecule has 0 atom stereocenters. The molecule has 0 aliphatic heterocycles. The van der Waals surface area contributed by atoms with Crippen molar-refractivity contribution >= 4 is 5.91 Å².